The molecule has 0 saturated heterocycles. The van der Waals surface area contributed by atoms with Gasteiger partial charge in [0.15, 0.2) is 0 Å². The second-order valence-electron chi connectivity index (χ2n) is 8.88. The molecule has 130 valence electrons. The first-order valence-electron chi connectivity index (χ1n) is 8.96. The number of hydrogen-bond donors (Lipinski definition) is 1. The maximum Gasteiger partial charge on any atom is 0.122 e. The Bertz CT molecular complexity index is 661. The van der Waals surface area contributed by atoms with Crippen LogP contribution in [-0.2, 0) is 17.3 Å². The van der Waals surface area contributed by atoms with Crippen LogP contribution in [0.2, 0.25) is 0 Å². The lowest BCUT2D eigenvalue weighted by Gasteiger charge is -2.27. The van der Waals surface area contributed by atoms with Crippen molar-refractivity contribution in [2.24, 2.45) is 5.92 Å². The highest BCUT2D eigenvalue weighted by atomic mass is 16.3. The van der Waals surface area contributed by atoms with Gasteiger partial charge in [-0.1, -0.05) is 90.1 Å². The van der Waals surface area contributed by atoms with E-state index < -0.39 is 0 Å². The normalized spacial score (nSPS) is 18.5. The van der Waals surface area contributed by atoms with Gasteiger partial charge < -0.3 is 5.11 Å². The minimum absolute atomic E-state index is 0.0687. The fourth-order valence-electron chi connectivity index (χ4n) is 2.97. The summed E-state index contributed by atoms with van der Waals surface area (Å²) >= 11 is 0. The summed E-state index contributed by atoms with van der Waals surface area (Å²) in [5.74, 6) is 0.935. The third-order valence-electron chi connectivity index (χ3n) is 4.60. The van der Waals surface area contributed by atoms with E-state index in [1.807, 2.05) is 0 Å². The fourth-order valence-corrected chi connectivity index (χ4v) is 2.97. The summed E-state index contributed by atoms with van der Waals surface area (Å²) in [7, 11) is 0. The van der Waals surface area contributed by atoms with Gasteiger partial charge in [0.25, 0.3) is 0 Å². The Labute approximate surface area is 147 Å². The molecule has 0 aromatic heterocycles. The first kappa shape index (κ1) is 18.6. The van der Waals surface area contributed by atoms with Crippen molar-refractivity contribution in [2.75, 3.05) is 0 Å². The van der Waals surface area contributed by atoms with Crippen LogP contribution >= 0.6 is 0 Å². The van der Waals surface area contributed by atoms with Crippen molar-refractivity contribution in [3.8, 4) is 5.75 Å². The van der Waals surface area contributed by atoms with Gasteiger partial charge in [-0.2, -0.15) is 0 Å². The van der Waals surface area contributed by atoms with E-state index in [4.69, 9.17) is 0 Å². The summed E-state index contributed by atoms with van der Waals surface area (Å²) < 4.78 is 0. The quantitative estimate of drug-likeness (QED) is 0.654. The van der Waals surface area contributed by atoms with Crippen LogP contribution < -0.4 is 0 Å². The zero-order valence-electron chi connectivity index (χ0n) is 16.1. The van der Waals surface area contributed by atoms with Gasteiger partial charge in [-0.15, -0.1) is 0 Å². The minimum atomic E-state index is -0.0687. The number of phenolic OH excluding ortho intramolecular Hbond substituents is 1. The Morgan fingerprint density at radius 2 is 1.75 bits per heavy atom. The van der Waals surface area contributed by atoms with E-state index in [9.17, 15) is 5.11 Å². The van der Waals surface area contributed by atoms with Gasteiger partial charge in [-0.3, -0.25) is 0 Å². The molecule has 1 aromatic rings. The number of hydrogen-bond acceptors (Lipinski definition) is 1. The minimum Gasteiger partial charge on any atom is -0.507 e. The Kier molecular flexibility index (Phi) is 5.42. The van der Waals surface area contributed by atoms with Crippen LogP contribution in [0, 0.1) is 5.92 Å². The van der Waals surface area contributed by atoms with Crippen molar-refractivity contribution in [3.05, 3.63) is 65.3 Å². The van der Waals surface area contributed by atoms with Gasteiger partial charge in [0, 0.05) is 0 Å². The smallest absolute Gasteiger partial charge is 0.122 e. The Morgan fingerprint density at radius 3 is 2.29 bits per heavy atom. The van der Waals surface area contributed by atoms with Crippen LogP contribution in [0.5, 0.6) is 5.75 Å². The third kappa shape index (κ3) is 4.63. The molecule has 24 heavy (non-hydrogen) atoms. The molecule has 1 aromatic carbocycles. The molecule has 0 fully saturated rings. The molecular formula is C23H32O. The largest absolute Gasteiger partial charge is 0.507 e. The van der Waals surface area contributed by atoms with E-state index in [0.29, 0.717) is 11.7 Å². The van der Waals surface area contributed by atoms with Gasteiger partial charge in [-0.05, 0) is 46.3 Å². The van der Waals surface area contributed by atoms with Crippen LogP contribution in [0.1, 0.15) is 64.7 Å². The molecule has 0 bridgehead atoms. The van der Waals surface area contributed by atoms with E-state index in [1.54, 1.807) is 0 Å². The Morgan fingerprint density at radius 1 is 1.04 bits per heavy atom. The topological polar surface area (TPSA) is 20.2 Å². The van der Waals surface area contributed by atoms with Crippen molar-refractivity contribution in [1.82, 2.24) is 0 Å². The highest BCUT2D eigenvalue weighted by molar-refractivity contribution is 5.49. The number of phenols is 1. The number of aromatic hydroxyl groups is 1. The molecule has 2 rings (SSSR count). The van der Waals surface area contributed by atoms with E-state index in [0.717, 1.165) is 24.0 Å². The van der Waals surface area contributed by atoms with Gasteiger partial charge >= 0.3 is 0 Å². The molecule has 0 amide bonds. The molecule has 0 spiro atoms. The van der Waals surface area contributed by atoms with Crippen LogP contribution in [0.3, 0.4) is 0 Å². The van der Waals surface area contributed by atoms with Crippen LogP contribution in [0.15, 0.2) is 48.6 Å². The Balaban J connectivity index is 2.32. The monoisotopic (exact) mass is 324 g/mol. The molecule has 0 aliphatic heterocycles. The van der Waals surface area contributed by atoms with Crippen molar-refractivity contribution in [2.45, 2.75) is 65.2 Å². The Hall–Kier alpha value is -1.76. The van der Waals surface area contributed by atoms with Crippen molar-refractivity contribution in [1.29, 1.82) is 0 Å². The van der Waals surface area contributed by atoms with Crippen molar-refractivity contribution < 1.29 is 5.11 Å². The third-order valence-corrected chi connectivity index (χ3v) is 4.60. The molecule has 1 aliphatic carbocycles. The SMILES string of the molecule is CC(C)(C)c1cc(CC=CC2C=CC=CC2)c(O)c(C(C)(C)C)c1. The summed E-state index contributed by atoms with van der Waals surface area (Å²) in [6.07, 6.45) is 14.9. The first-order valence-corrected chi connectivity index (χ1v) is 8.96. The average Bonchev–Trinajstić information content (AvgIpc) is 2.47. The van der Waals surface area contributed by atoms with Gasteiger partial charge in [0.1, 0.15) is 5.75 Å². The first-order chi connectivity index (χ1) is 11.1. The van der Waals surface area contributed by atoms with Crippen LogP contribution in [0.25, 0.3) is 0 Å². The van der Waals surface area contributed by atoms with E-state index >= 15 is 0 Å². The lowest BCUT2D eigenvalue weighted by atomic mass is 9.78. The zero-order chi connectivity index (χ0) is 18.0. The second-order valence-corrected chi connectivity index (χ2v) is 8.88. The van der Waals surface area contributed by atoms with Crippen LogP contribution in [-0.4, -0.2) is 5.11 Å². The molecular weight excluding hydrogens is 292 g/mol. The average molecular weight is 325 g/mol. The molecule has 1 atom stereocenters. The molecule has 1 nitrogen and oxygen atoms in total. The summed E-state index contributed by atoms with van der Waals surface area (Å²) in [4.78, 5) is 0. The van der Waals surface area contributed by atoms with Gasteiger partial charge in [0.05, 0.1) is 0 Å². The van der Waals surface area contributed by atoms with Crippen molar-refractivity contribution in [3.63, 3.8) is 0 Å². The molecule has 1 N–H and O–H groups in total. The predicted octanol–water partition coefficient (Wildman–Crippen LogP) is 6.22. The van der Waals surface area contributed by atoms with Crippen molar-refractivity contribution >= 4 is 0 Å². The maximum atomic E-state index is 10.8. The number of benzene rings is 1. The molecule has 0 radical (unpaired) electrons. The van der Waals surface area contributed by atoms with Gasteiger partial charge in [0.2, 0.25) is 0 Å². The number of allylic oxidation sites excluding steroid dienone is 6. The molecule has 1 aliphatic rings. The summed E-state index contributed by atoms with van der Waals surface area (Å²) in [5.41, 5.74) is 3.36. The van der Waals surface area contributed by atoms with Gasteiger partial charge in [-0.25, -0.2) is 0 Å². The number of rotatable bonds is 3. The lowest BCUT2D eigenvalue weighted by molar-refractivity contribution is 0.439. The fraction of sp³-hybridized carbons (Fsp3) is 0.478. The summed E-state index contributed by atoms with van der Waals surface area (Å²) in [5, 5.41) is 10.8. The molecule has 1 heteroatoms. The highest BCUT2D eigenvalue weighted by Crippen LogP contribution is 2.38. The summed E-state index contributed by atoms with van der Waals surface area (Å²) in [6, 6.07) is 4.35. The standard InChI is InChI=1S/C23H32O/c1-22(2,3)19-15-18(21(24)20(16-19)23(4,5)6)14-10-13-17-11-8-7-9-12-17/h7-11,13,15-17,24H,12,14H2,1-6H3. The lowest BCUT2D eigenvalue weighted by Crippen LogP contribution is -2.17. The highest BCUT2D eigenvalue weighted by Gasteiger charge is 2.24. The molecule has 1 unspecified atom stereocenters. The predicted molar refractivity (Wildman–Crippen MR) is 105 cm³/mol. The van der Waals surface area contributed by atoms with E-state index in [-0.39, 0.29) is 10.8 Å². The zero-order valence-corrected chi connectivity index (χ0v) is 16.1. The van der Waals surface area contributed by atoms with Crippen LogP contribution in [0.4, 0.5) is 0 Å². The molecule has 0 saturated carbocycles. The second kappa shape index (κ2) is 7.01. The van der Waals surface area contributed by atoms with E-state index in [2.05, 4.69) is 90.1 Å². The maximum absolute atomic E-state index is 10.8. The molecule has 0 heterocycles. The summed E-state index contributed by atoms with van der Waals surface area (Å²) in [6.45, 7) is 13.2. The van der Waals surface area contributed by atoms with E-state index in [1.165, 1.54) is 5.56 Å².